The number of methoxy groups -OCH3 is 1. The molecule has 0 saturated heterocycles. The summed E-state index contributed by atoms with van der Waals surface area (Å²) in [6.07, 6.45) is 1.34. The normalized spacial score (nSPS) is 10.6. The van der Waals surface area contributed by atoms with E-state index in [9.17, 15) is 18.8 Å². The van der Waals surface area contributed by atoms with E-state index in [-0.39, 0.29) is 34.2 Å². The Kier molecular flexibility index (Phi) is 8.77. The number of amides is 2. The van der Waals surface area contributed by atoms with Gasteiger partial charge in [-0.15, -0.1) is 0 Å². The number of hydrazone groups is 1. The SMILES string of the molecule is COc1cc(/C=N/NC(=O)CNC(=O)c2ccc(F)cc2)ccc1OC(=O)c1ccc(Cl)c(Cl)c1. The summed E-state index contributed by atoms with van der Waals surface area (Å²) in [5.74, 6) is -1.81. The number of nitrogens with zero attached hydrogens (tertiary/aromatic N) is 1. The number of carbonyl (C=O) groups excluding carboxylic acids is 3. The highest BCUT2D eigenvalue weighted by Crippen LogP contribution is 2.29. The molecule has 0 radical (unpaired) electrons. The molecule has 180 valence electrons. The minimum Gasteiger partial charge on any atom is -0.493 e. The van der Waals surface area contributed by atoms with E-state index >= 15 is 0 Å². The summed E-state index contributed by atoms with van der Waals surface area (Å²) in [4.78, 5) is 36.2. The Balaban J connectivity index is 1.55. The van der Waals surface area contributed by atoms with Gasteiger partial charge >= 0.3 is 5.97 Å². The van der Waals surface area contributed by atoms with Gasteiger partial charge in [-0.2, -0.15) is 5.10 Å². The summed E-state index contributed by atoms with van der Waals surface area (Å²) < 4.78 is 23.5. The zero-order valence-electron chi connectivity index (χ0n) is 18.2. The number of rotatable bonds is 8. The van der Waals surface area contributed by atoms with Crippen molar-refractivity contribution in [2.45, 2.75) is 0 Å². The summed E-state index contributed by atoms with van der Waals surface area (Å²) in [5.41, 5.74) is 3.23. The van der Waals surface area contributed by atoms with E-state index in [0.29, 0.717) is 10.6 Å². The molecule has 3 aromatic rings. The van der Waals surface area contributed by atoms with Crippen LogP contribution in [0, 0.1) is 5.82 Å². The van der Waals surface area contributed by atoms with Crippen LogP contribution in [0.15, 0.2) is 65.8 Å². The van der Waals surface area contributed by atoms with Crippen molar-refractivity contribution in [3.63, 3.8) is 0 Å². The smallest absolute Gasteiger partial charge is 0.343 e. The van der Waals surface area contributed by atoms with Crippen molar-refractivity contribution < 1.29 is 28.2 Å². The van der Waals surface area contributed by atoms with Crippen molar-refractivity contribution in [1.82, 2.24) is 10.7 Å². The van der Waals surface area contributed by atoms with Crippen LogP contribution in [0.4, 0.5) is 4.39 Å². The van der Waals surface area contributed by atoms with Crippen molar-refractivity contribution >= 4 is 47.2 Å². The first-order chi connectivity index (χ1) is 16.8. The van der Waals surface area contributed by atoms with Crippen molar-refractivity contribution in [1.29, 1.82) is 0 Å². The van der Waals surface area contributed by atoms with Crippen molar-refractivity contribution in [2.75, 3.05) is 13.7 Å². The zero-order valence-corrected chi connectivity index (χ0v) is 19.7. The molecular weight excluding hydrogens is 500 g/mol. The monoisotopic (exact) mass is 517 g/mol. The van der Waals surface area contributed by atoms with E-state index in [1.54, 1.807) is 12.1 Å². The third-order valence-electron chi connectivity index (χ3n) is 4.46. The number of nitrogens with one attached hydrogen (secondary N) is 2. The van der Waals surface area contributed by atoms with Crippen LogP contribution in [-0.2, 0) is 4.79 Å². The molecule has 0 bridgehead atoms. The third-order valence-corrected chi connectivity index (χ3v) is 5.20. The minimum absolute atomic E-state index is 0.160. The Morgan fingerprint density at radius 3 is 2.34 bits per heavy atom. The molecule has 0 aliphatic heterocycles. The first-order valence-electron chi connectivity index (χ1n) is 9.97. The molecule has 3 rings (SSSR count). The fourth-order valence-electron chi connectivity index (χ4n) is 2.71. The second kappa shape index (κ2) is 12.0. The van der Waals surface area contributed by atoms with Gasteiger partial charge in [-0.05, 0) is 66.2 Å². The Morgan fingerprint density at radius 1 is 0.943 bits per heavy atom. The highest BCUT2D eigenvalue weighted by molar-refractivity contribution is 6.42. The van der Waals surface area contributed by atoms with Gasteiger partial charge in [-0.3, -0.25) is 9.59 Å². The van der Waals surface area contributed by atoms with Crippen molar-refractivity contribution in [3.05, 3.63) is 93.2 Å². The molecule has 0 heterocycles. The molecule has 3 aromatic carbocycles. The Bertz CT molecular complexity index is 1280. The lowest BCUT2D eigenvalue weighted by atomic mass is 10.2. The predicted octanol–water partition coefficient (Wildman–Crippen LogP) is 4.24. The number of carbonyl (C=O) groups is 3. The van der Waals surface area contributed by atoms with Crippen molar-refractivity contribution in [3.8, 4) is 11.5 Å². The standard InChI is InChI=1S/C24H18Cl2FN3O5/c1-34-21-10-14(2-9-20(21)35-24(33)16-5-8-18(25)19(26)11-16)12-29-30-22(31)13-28-23(32)15-3-6-17(27)7-4-15/h2-12H,13H2,1H3,(H,28,32)(H,30,31)/b29-12+. The average Bonchev–Trinajstić information content (AvgIpc) is 2.85. The molecular formula is C24H18Cl2FN3O5. The van der Waals surface area contributed by atoms with Gasteiger partial charge in [0.2, 0.25) is 0 Å². The van der Waals surface area contributed by atoms with Crippen LogP contribution in [0.5, 0.6) is 11.5 Å². The first kappa shape index (κ1) is 25.7. The maximum absolute atomic E-state index is 12.9. The van der Waals surface area contributed by atoms with E-state index in [4.69, 9.17) is 32.7 Å². The molecule has 0 atom stereocenters. The van der Waals surface area contributed by atoms with Gasteiger partial charge in [0.1, 0.15) is 5.82 Å². The minimum atomic E-state index is -0.654. The summed E-state index contributed by atoms with van der Waals surface area (Å²) in [6, 6.07) is 13.9. The highest BCUT2D eigenvalue weighted by Gasteiger charge is 2.14. The molecule has 0 saturated carbocycles. The molecule has 0 spiro atoms. The number of benzene rings is 3. The van der Waals surface area contributed by atoms with Gasteiger partial charge in [0.15, 0.2) is 11.5 Å². The summed E-state index contributed by atoms with van der Waals surface area (Å²) in [5, 5.41) is 6.75. The van der Waals surface area contributed by atoms with E-state index in [2.05, 4.69) is 15.8 Å². The lowest BCUT2D eigenvalue weighted by Crippen LogP contribution is -2.34. The van der Waals surface area contributed by atoms with E-state index in [1.165, 1.54) is 49.7 Å². The van der Waals surface area contributed by atoms with Gasteiger partial charge in [0, 0.05) is 5.56 Å². The quantitative estimate of drug-likeness (QED) is 0.201. The fourth-order valence-corrected chi connectivity index (χ4v) is 3.01. The molecule has 2 N–H and O–H groups in total. The summed E-state index contributed by atoms with van der Waals surface area (Å²) in [6.45, 7) is -0.333. The number of hydrogen-bond acceptors (Lipinski definition) is 6. The summed E-state index contributed by atoms with van der Waals surface area (Å²) >= 11 is 11.8. The summed E-state index contributed by atoms with van der Waals surface area (Å²) in [7, 11) is 1.40. The molecule has 0 fully saturated rings. The molecule has 8 nitrogen and oxygen atoms in total. The number of esters is 1. The van der Waals surface area contributed by atoms with E-state index < -0.39 is 23.6 Å². The van der Waals surface area contributed by atoms with Crippen molar-refractivity contribution in [2.24, 2.45) is 5.10 Å². The molecule has 0 aromatic heterocycles. The maximum Gasteiger partial charge on any atom is 0.343 e. The maximum atomic E-state index is 12.9. The number of hydrogen-bond donors (Lipinski definition) is 2. The number of halogens is 3. The Morgan fingerprint density at radius 2 is 1.66 bits per heavy atom. The van der Waals surface area contributed by atoms with Crippen LogP contribution in [0.3, 0.4) is 0 Å². The topological polar surface area (TPSA) is 106 Å². The third kappa shape index (κ3) is 7.26. The highest BCUT2D eigenvalue weighted by atomic mass is 35.5. The predicted molar refractivity (Wildman–Crippen MR) is 129 cm³/mol. The molecule has 0 aliphatic carbocycles. The van der Waals surface area contributed by atoms with Gasteiger partial charge < -0.3 is 14.8 Å². The average molecular weight is 518 g/mol. The molecule has 11 heteroatoms. The molecule has 35 heavy (non-hydrogen) atoms. The van der Waals surface area contributed by atoms with Gasteiger partial charge in [-0.1, -0.05) is 23.2 Å². The second-order valence-electron chi connectivity index (χ2n) is 6.91. The molecule has 0 unspecified atom stereocenters. The van der Waals surface area contributed by atoms with Crippen LogP contribution in [0.1, 0.15) is 26.3 Å². The number of ether oxygens (including phenoxy) is 2. The van der Waals surface area contributed by atoms with Gasteiger partial charge in [-0.25, -0.2) is 14.6 Å². The van der Waals surface area contributed by atoms with Gasteiger partial charge in [0.05, 0.1) is 35.5 Å². The zero-order chi connectivity index (χ0) is 25.4. The van der Waals surface area contributed by atoms with Gasteiger partial charge in [0.25, 0.3) is 11.8 Å². The van der Waals surface area contributed by atoms with Crippen LogP contribution < -0.4 is 20.2 Å². The lowest BCUT2D eigenvalue weighted by Gasteiger charge is -2.10. The lowest BCUT2D eigenvalue weighted by molar-refractivity contribution is -0.120. The van der Waals surface area contributed by atoms with E-state index in [1.807, 2.05) is 0 Å². The van der Waals surface area contributed by atoms with Crippen LogP contribution in [0.2, 0.25) is 10.0 Å². The van der Waals surface area contributed by atoms with Crippen LogP contribution >= 0.6 is 23.2 Å². The van der Waals surface area contributed by atoms with Crippen LogP contribution in [0.25, 0.3) is 0 Å². The Labute approximate surface area is 209 Å². The second-order valence-corrected chi connectivity index (χ2v) is 7.73. The Hall–Kier alpha value is -3.95. The van der Waals surface area contributed by atoms with E-state index in [0.717, 1.165) is 12.1 Å². The molecule has 2 amide bonds. The first-order valence-corrected chi connectivity index (χ1v) is 10.7. The fraction of sp³-hybridized carbons (Fsp3) is 0.0833. The van der Waals surface area contributed by atoms with Crippen LogP contribution in [-0.4, -0.2) is 37.7 Å². The molecule has 0 aliphatic rings. The largest absolute Gasteiger partial charge is 0.493 e.